The maximum atomic E-state index is 12.8. The molecular weight excluding hydrogens is 392 g/mol. The average Bonchev–Trinajstić information content (AvgIpc) is 3.09. The summed E-state index contributed by atoms with van der Waals surface area (Å²) in [5.41, 5.74) is 0.916. The van der Waals surface area contributed by atoms with Crippen LogP contribution in [0.3, 0.4) is 0 Å². The van der Waals surface area contributed by atoms with Gasteiger partial charge in [0.25, 0.3) is 5.91 Å². The Morgan fingerprint density at radius 3 is 2.76 bits per heavy atom. The molecule has 150 valence electrons. The molecule has 2 heterocycles. The second kappa shape index (κ2) is 8.48. The molecule has 0 bridgehead atoms. The maximum Gasteiger partial charge on any atom is 0.307 e. The van der Waals surface area contributed by atoms with Gasteiger partial charge in [-0.3, -0.25) is 9.59 Å². The van der Waals surface area contributed by atoms with Gasteiger partial charge in [0.2, 0.25) is 6.10 Å². The van der Waals surface area contributed by atoms with Crippen LogP contribution in [0.5, 0.6) is 11.5 Å². The van der Waals surface area contributed by atoms with Crippen LogP contribution in [0.1, 0.15) is 13.3 Å². The summed E-state index contributed by atoms with van der Waals surface area (Å²) in [6.45, 7) is 2.59. The monoisotopic (exact) mass is 412 g/mol. The zero-order valence-corrected chi connectivity index (χ0v) is 16.7. The lowest BCUT2D eigenvalue weighted by Crippen LogP contribution is -2.36. The van der Waals surface area contributed by atoms with Crippen molar-refractivity contribution in [1.29, 1.82) is 0 Å². The fourth-order valence-electron chi connectivity index (χ4n) is 3.07. The van der Waals surface area contributed by atoms with Crippen LogP contribution in [0.25, 0.3) is 10.2 Å². The number of carbonyl (C=O) groups is 2. The summed E-state index contributed by atoms with van der Waals surface area (Å²) in [4.78, 5) is 29.4. The smallest absolute Gasteiger partial charge is 0.307 e. The number of benzene rings is 2. The van der Waals surface area contributed by atoms with Crippen molar-refractivity contribution >= 4 is 33.4 Å². The number of para-hydroxylation sites is 3. The molecule has 0 fully saturated rings. The van der Waals surface area contributed by atoms with Gasteiger partial charge in [0.15, 0.2) is 16.3 Å². The van der Waals surface area contributed by atoms with Gasteiger partial charge in [0, 0.05) is 6.54 Å². The van der Waals surface area contributed by atoms with Crippen molar-refractivity contribution in [2.75, 3.05) is 13.2 Å². The molecule has 1 aromatic heterocycles. The van der Waals surface area contributed by atoms with Gasteiger partial charge in [0.1, 0.15) is 6.61 Å². The lowest BCUT2D eigenvalue weighted by atomic mass is 10.2. The van der Waals surface area contributed by atoms with E-state index in [0.717, 1.165) is 10.2 Å². The molecule has 0 aliphatic carbocycles. The van der Waals surface area contributed by atoms with Crippen LogP contribution in [-0.4, -0.2) is 35.8 Å². The Bertz CT molecular complexity index is 1120. The number of aromatic nitrogens is 1. The summed E-state index contributed by atoms with van der Waals surface area (Å²) < 4.78 is 19.2. The fourth-order valence-corrected chi connectivity index (χ4v) is 4.13. The van der Waals surface area contributed by atoms with Crippen LogP contribution in [0, 0.1) is 0 Å². The van der Waals surface area contributed by atoms with Gasteiger partial charge < -0.3 is 18.8 Å². The van der Waals surface area contributed by atoms with E-state index in [-0.39, 0.29) is 19.0 Å². The van der Waals surface area contributed by atoms with E-state index in [1.54, 1.807) is 19.1 Å². The van der Waals surface area contributed by atoms with Crippen molar-refractivity contribution in [2.24, 2.45) is 4.99 Å². The summed E-state index contributed by atoms with van der Waals surface area (Å²) in [5, 5.41) is 0. The minimum atomic E-state index is -0.811. The standard InChI is InChI=1S/C21H20N2O5S/c1-2-26-19(24)11-12-23-14-7-3-6-10-18(14)29-21(23)22-20(25)17-13-27-15-8-4-5-9-16(15)28-17/h3-10,17H,2,11-13H2,1H3/t17-/m1/s1. The Hall–Kier alpha value is -3.13. The number of hydrogen-bond acceptors (Lipinski definition) is 6. The van der Waals surface area contributed by atoms with E-state index < -0.39 is 12.0 Å². The molecule has 1 atom stereocenters. The first-order valence-electron chi connectivity index (χ1n) is 9.36. The third-order valence-electron chi connectivity index (χ3n) is 4.42. The number of nitrogens with zero attached hydrogens (tertiary/aromatic N) is 2. The van der Waals surface area contributed by atoms with Gasteiger partial charge in [-0.1, -0.05) is 35.6 Å². The number of ether oxygens (including phenoxy) is 3. The van der Waals surface area contributed by atoms with E-state index in [1.807, 2.05) is 41.0 Å². The van der Waals surface area contributed by atoms with Crippen molar-refractivity contribution in [3.05, 3.63) is 53.3 Å². The minimum Gasteiger partial charge on any atom is -0.485 e. The van der Waals surface area contributed by atoms with Gasteiger partial charge in [-0.05, 0) is 31.2 Å². The SMILES string of the molecule is CCOC(=O)CCn1c(=NC(=O)[C@H]2COc3ccccc3O2)sc2ccccc21. The van der Waals surface area contributed by atoms with Gasteiger partial charge in [-0.2, -0.15) is 4.99 Å². The minimum absolute atomic E-state index is 0.104. The molecule has 1 aliphatic heterocycles. The molecule has 1 amide bonds. The highest BCUT2D eigenvalue weighted by Crippen LogP contribution is 2.31. The third-order valence-corrected chi connectivity index (χ3v) is 5.48. The molecule has 3 aromatic rings. The van der Waals surface area contributed by atoms with Crippen molar-refractivity contribution in [3.8, 4) is 11.5 Å². The highest BCUT2D eigenvalue weighted by atomic mass is 32.1. The summed E-state index contributed by atoms with van der Waals surface area (Å²) in [6, 6.07) is 15.0. The molecule has 4 rings (SSSR count). The lowest BCUT2D eigenvalue weighted by Gasteiger charge is -2.23. The predicted octanol–water partition coefficient (Wildman–Crippen LogP) is 2.92. The molecule has 0 unspecified atom stereocenters. The third kappa shape index (κ3) is 4.17. The van der Waals surface area contributed by atoms with Crippen LogP contribution in [0.4, 0.5) is 0 Å². The molecule has 0 radical (unpaired) electrons. The molecule has 0 spiro atoms. The van der Waals surface area contributed by atoms with Gasteiger partial charge >= 0.3 is 5.97 Å². The molecule has 2 aromatic carbocycles. The molecule has 0 saturated carbocycles. The second-order valence-corrected chi connectivity index (χ2v) is 7.38. The number of thiazole rings is 1. The van der Waals surface area contributed by atoms with Crippen molar-refractivity contribution in [1.82, 2.24) is 4.57 Å². The second-order valence-electron chi connectivity index (χ2n) is 6.37. The number of esters is 1. The molecular formula is C21H20N2O5S. The highest BCUT2D eigenvalue weighted by molar-refractivity contribution is 7.16. The summed E-state index contributed by atoms with van der Waals surface area (Å²) in [6.07, 6.45) is -0.611. The van der Waals surface area contributed by atoms with Crippen LogP contribution in [-0.2, 0) is 20.9 Å². The van der Waals surface area contributed by atoms with Crippen LogP contribution in [0.15, 0.2) is 53.5 Å². The Balaban J connectivity index is 1.62. The molecule has 8 heteroatoms. The average molecular weight is 412 g/mol. The number of hydrogen-bond donors (Lipinski definition) is 0. The largest absolute Gasteiger partial charge is 0.485 e. The summed E-state index contributed by atoms with van der Waals surface area (Å²) >= 11 is 1.39. The number of fused-ring (bicyclic) bond motifs is 2. The number of amides is 1. The van der Waals surface area contributed by atoms with Crippen LogP contribution >= 0.6 is 11.3 Å². The Morgan fingerprint density at radius 1 is 1.17 bits per heavy atom. The van der Waals surface area contributed by atoms with E-state index in [2.05, 4.69) is 4.99 Å². The quantitative estimate of drug-likeness (QED) is 0.602. The van der Waals surface area contributed by atoms with Crippen LogP contribution in [0.2, 0.25) is 0 Å². The summed E-state index contributed by atoms with van der Waals surface area (Å²) in [7, 11) is 0. The van der Waals surface area contributed by atoms with Crippen molar-refractivity contribution in [2.45, 2.75) is 26.0 Å². The number of rotatable bonds is 5. The Labute approximate surface area is 171 Å². The lowest BCUT2D eigenvalue weighted by molar-refractivity contribution is -0.143. The Morgan fingerprint density at radius 2 is 1.93 bits per heavy atom. The van der Waals surface area contributed by atoms with Gasteiger partial charge in [-0.25, -0.2) is 0 Å². The molecule has 1 aliphatic rings. The molecule has 0 N–H and O–H groups in total. The maximum absolute atomic E-state index is 12.8. The normalized spacial score (nSPS) is 16.0. The molecule has 0 saturated heterocycles. The van der Waals surface area contributed by atoms with E-state index in [4.69, 9.17) is 14.2 Å². The number of carbonyl (C=O) groups excluding carboxylic acids is 2. The van der Waals surface area contributed by atoms with Gasteiger partial charge in [-0.15, -0.1) is 0 Å². The zero-order valence-electron chi connectivity index (χ0n) is 15.9. The van der Waals surface area contributed by atoms with E-state index in [0.29, 0.717) is 29.5 Å². The van der Waals surface area contributed by atoms with E-state index in [9.17, 15) is 9.59 Å². The first-order valence-corrected chi connectivity index (χ1v) is 10.2. The first kappa shape index (κ1) is 19.2. The number of aryl methyl sites for hydroxylation is 1. The van der Waals surface area contributed by atoms with Gasteiger partial charge in [0.05, 0.1) is 23.2 Å². The van der Waals surface area contributed by atoms with Crippen molar-refractivity contribution in [3.63, 3.8) is 0 Å². The molecule has 29 heavy (non-hydrogen) atoms. The Kier molecular flexibility index (Phi) is 5.62. The summed E-state index contributed by atoms with van der Waals surface area (Å²) in [5.74, 6) is 0.436. The topological polar surface area (TPSA) is 79.1 Å². The van der Waals surface area contributed by atoms with E-state index >= 15 is 0 Å². The molecule has 7 nitrogen and oxygen atoms in total. The first-order chi connectivity index (χ1) is 14.2. The van der Waals surface area contributed by atoms with E-state index in [1.165, 1.54) is 11.3 Å². The predicted molar refractivity (Wildman–Crippen MR) is 108 cm³/mol. The van der Waals surface area contributed by atoms with Crippen LogP contribution < -0.4 is 14.3 Å². The highest BCUT2D eigenvalue weighted by Gasteiger charge is 2.27. The van der Waals surface area contributed by atoms with Crippen molar-refractivity contribution < 1.29 is 23.8 Å². The fraction of sp³-hybridized carbons (Fsp3) is 0.286. The zero-order chi connectivity index (χ0) is 20.2.